The second-order valence-corrected chi connectivity index (χ2v) is 5.13. The van der Waals surface area contributed by atoms with Crippen LogP contribution in [0.5, 0.6) is 0 Å². The van der Waals surface area contributed by atoms with Crippen molar-refractivity contribution in [1.82, 2.24) is 5.32 Å². The number of nitrogens with one attached hydrogen (secondary N) is 1. The van der Waals surface area contributed by atoms with E-state index in [-0.39, 0.29) is 17.2 Å². The number of likely N-dealkylation sites (N-methyl/N-ethyl adjacent to an activating group) is 1. The summed E-state index contributed by atoms with van der Waals surface area (Å²) in [6.45, 7) is 0.0755. The first kappa shape index (κ1) is 11.9. The van der Waals surface area contributed by atoms with E-state index in [1.54, 1.807) is 25.2 Å². The molecule has 0 aliphatic heterocycles. The van der Waals surface area contributed by atoms with Gasteiger partial charge in [0.2, 0.25) is 0 Å². The van der Waals surface area contributed by atoms with Crippen molar-refractivity contribution in [2.45, 2.75) is 4.90 Å². The molecule has 0 spiro atoms. The number of Topliss-reactive ketones (excluding diaryl/α,β-unsaturated/α-hetero) is 1. The molecule has 0 unspecified atom stereocenters. The van der Waals surface area contributed by atoms with Gasteiger partial charge in [0.25, 0.3) is 0 Å². The summed E-state index contributed by atoms with van der Waals surface area (Å²) in [7, 11) is -1.87. The smallest absolute Gasteiger partial charge is 0.185 e. The van der Waals surface area contributed by atoms with Gasteiger partial charge >= 0.3 is 0 Å². The third-order valence-electron chi connectivity index (χ3n) is 1.83. The number of ketones is 1. The molecule has 0 heterocycles. The molecule has 4 nitrogen and oxygen atoms in total. The van der Waals surface area contributed by atoms with Gasteiger partial charge in [-0.25, -0.2) is 8.42 Å². The lowest BCUT2D eigenvalue weighted by Gasteiger charge is -2.02. The predicted molar refractivity (Wildman–Crippen MR) is 57.4 cm³/mol. The number of carbonyl (C=O) groups excluding carboxylic acids is 1. The molecule has 0 saturated heterocycles. The lowest BCUT2D eigenvalue weighted by Crippen LogP contribution is -2.25. The van der Waals surface area contributed by atoms with E-state index in [4.69, 9.17) is 0 Å². The van der Waals surface area contributed by atoms with E-state index in [0.717, 1.165) is 0 Å². The fourth-order valence-electron chi connectivity index (χ4n) is 1.17. The zero-order chi connectivity index (χ0) is 11.3. The summed E-state index contributed by atoms with van der Waals surface area (Å²) in [5.74, 6) is -0.779. The second-order valence-electron chi connectivity index (χ2n) is 3.14. The van der Waals surface area contributed by atoms with Gasteiger partial charge in [0, 0.05) is 0 Å². The molecular formula is C10H13NO3S. The molecular weight excluding hydrogens is 214 g/mol. The zero-order valence-electron chi connectivity index (χ0n) is 8.43. The van der Waals surface area contributed by atoms with Gasteiger partial charge in [-0.3, -0.25) is 4.79 Å². The van der Waals surface area contributed by atoms with E-state index in [2.05, 4.69) is 5.32 Å². The largest absolute Gasteiger partial charge is 0.313 e. The van der Waals surface area contributed by atoms with Crippen LogP contribution in [0.15, 0.2) is 35.2 Å². The van der Waals surface area contributed by atoms with Crippen LogP contribution in [-0.2, 0) is 14.6 Å². The molecule has 82 valence electrons. The molecule has 0 atom stereocenters. The van der Waals surface area contributed by atoms with Crippen molar-refractivity contribution in [3.63, 3.8) is 0 Å². The Morgan fingerprint density at radius 1 is 1.27 bits per heavy atom. The molecule has 1 aromatic rings. The number of hydrogen-bond acceptors (Lipinski definition) is 4. The third-order valence-corrected chi connectivity index (χ3v) is 3.52. The fourth-order valence-corrected chi connectivity index (χ4v) is 2.44. The fraction of sp³-hybridized carbons (Fsp3) is 0.300. The van der Waals surface area contributed by atoms with Crippen molar-refractivity contribution in [3.05, 3.63) is 30.3 Å². The average molecular weight is 227 g/mol. The Morgan fingerprint density at radius 2 is 1.87 bits per heavy atom. The monoisotopic (exact) mass is 227 g/mol. The van der Waals surface area contributed by atoms with Crippen LogP contribution in [0.2, 0.25) is 0 Å². The van der Waals surface area contributed by atoms with Crippen LogP contribution >= 0.6 is 0 Å². The first-order valence-corrected chi connectivity index (χ1v) is 6.15. The van der Waals surface area contributed by atoms with Crippen LogP contribution in [0.3, 0.4) is 0 Å². The summed E-state index contributed by atoms with van der Waals surface area (Å²) >= 11 is 0. The number of benzene rings is 1. The molecule has 0 radical (unpaired) electrons. The maximum absolute atomic E-state index is 11.7. The van der Waals surface area contributed by atoms with E-state index in [0.29, 0.717) is 0 Å². The van der Waals surface area contributed by atoms with Gasteiger partial charge in [0.15, 0.2) is 15.6 Å². The minimum atomic E-state index is -3.47. The lowest BCUT2D eigenvalue weighted by atomic mass is 10.4. The quantitative estimate of drug-likeness (QED) is 0.783. The van der Waals surface area contributed by atoms with Gasteiger partial charge in [-0.1, -0.05) is 18.2 Å². The molecule has 1 N–H and O–H groups in total. The normalized spacial score (nSPS) is 11.3. The highest BCUT2D eigenvalue weighted by molar-refractivity contribution is 7.92. The highest BCUT2D eigenvalue weighted by Gasteiger charge is 2.17. The third kappa shape index (κ3) is 3.45. The van der Waals surface area contributed by atoms with Gasteiger partial charge in [-0.2, -0.15) is 0 Å². The number of hydrogen-bond donors (Lipinski definition) is 1. The summed E-state index contributed by atoms with van der Waals surface area (Å²) in [6.07, 6.45) is 0. The maximum atomic E-state index is 11.7. The van der Waals surface area contributed by atoms with Crippen LogP contribution in [-0.4, -0.2) is 33.5 Å². The van der Waals surface area contributed by atoms with Crippen LogP contribution in [0.1, 0.15) is 0 Å². The van der Waals surface area contributed by atoms with E-state index >= 15 is 0 Å². The number of rotatable bonds is 5. The van der Waals surface area contributed by atoms with Crippen LogP contribution in [0.4, 0.5) is 0 Å². The minimum absolute atomic E-state index is 0.0755. The van der Waals surface area contributed by atoms with E-state index in [1.165, 1.54) is 12.1 Å². The molecule has 0 aliphatic carbocycles. The van der Waals surface area contributed by atoms with Crippen molar-refractivity contribution >= 4 is 15.6 Å². The Bertz CT molecular complexity index is 425. The highest BCUT2D eigenvalue weighted by atomic mass is 32.2. The number of sulfone groups is 1. The first-order chi connectivity index (χ1) is 7.06. The van der Waals surface area contributed by atoms with Crippen molar-refractivity contribution < 1.29 is 13.2 Å². The molecule has 0 saturated carbocycles. The topological polar surface area (TPSA) is 63.2 Å². The van der Waals surface area contributed by atoms with E-state index in [9.17, 15) is 13.2 Å². The lowest BCUT2D eigenvalue weighted by molar-refractivity contribution is -0.115. The average Bonchev–Trinajstić information content (AvgIpc) is 2.18. The Hall–Kier alpha value is -1.20. The van der Waals surface area contributed by atoms with Crippen molar-refractivity contribution in [3.8, 4) is 0 Å². The summed E-state index contributed by atoms with van der Waals surface area (Å²) in [4.78, 5) is 11.4. The van der Waals surface area contributed by atoms with Gasteiger partial charge in [0.05, 0.1) is 11.4 Å². The summed E-state index contributed by atoms with van der Waals surface area (Å²) in [6, 6.07) is 7.98. The number of carbonyl (C=O) groups is 1. The van der Waals surface area contributed by atoms with Crippen molar-refractivity contribution in [2.75, 3.05) is 19.3 Å². The molecule has 5 heteroatoms. The van der Waals surface area contributed by atoms with Crippen LogP contribution in [0.25, 0.3) is 0 Å². The second kappa shape index (κ2) is 5.04. The van der Waals surface area contributed by atoms with Crippen LogP contribution in [0, 0.1) is 0 Å². The Kier molecular flexibility index (Phi) is 3.99. The maximum Gasteiger partial charge on any atom is 0.185 e. The van der Waals surface area contributed by atoms with E-state index in [1.807, 2.05) is 0 Å². The highest BCUT2D eigenvalue weighted by Crippen LogP contribution is 2.09. The molecule has 0 aliphatic rings. The van der Waals surface area contributed by atoms with Gasteiger partial charge in [0.1, 0.15) is 5.75 Å². The minimum Gasteiger partial charge on any atom is -0.313 e. The molecule has 1 rings (SSSR count). The molecule has 1 aromatic carbocycles. The predicted octanol–water partition coefficient (Wildman–Crippen LogP) is 0.249. The van der Waals surface area contributed by atoms with Crippen molar-refractivity contribution in [2.24, 2.45) is 0 Å². The molecule has 0 amide bonds. The molecule has 0 fully saturated rings. The van der Waals surface area contributed by atoms with Crippen LogP contribution < -0.4 is 5.32 Å². The summed E-state index contributed by atoms with van der Waals surface area (Å²) in [5, 5.41) is 2.63. The molecule has 0 bridgehead atoms. The molecule has 15 heavy (non-hydrogen) atoms. The SMILES string of the molecule is CNCC(=O)CS(=O)(=O)c1ccccc1. The Morgan fingerprint density at radius 3 is 2.40 bits per heavy atom. The Balaban J connectivity index is 2.81. The van der Waals surface area contributed by atoms with E-state index < -0.39 is 15.6 Å². The summed E-state index contributed by atoms with van der Waals surface area (Å²) < 4.78 is 23.3. The summed E-state index contributed by atoms with van der Waals surface area (Å²) in [5.41, 5.74) is 0. The van der Waals surface area contributed by atoms with Gasteiger partial charge in [-0.05, 0) is 19.2 Å². The first-order valence-electron chi connectivity index (χ1n) is 4.50. The van der Waals surface area contributed by atoms with Gasteiger partial charge in [-0.15, -0.1) is 0 Å². The zero-order valence-corrected chi connectivity index (χ0v) is 9.25. The van der Waals surface area contributed by atoms with Gasteiger partial charge < -0.3 is 5.32 Å². The van der Waals surface area contributed by atoms with Crippen molar-refractivity contribution in [1.29, 1.82) is 0 Å². The Labute approximate surface area is 89.2 Å². The molecule has 0 aromatic heterocycles. The standard InChI is InChI=1S/C10H13NO3S/c1-11-7-9(12)8-15(13,14)10-5-3-2-4-6-10/h2-6,11H,7-8H2,1H3.